The Morgan fingerprint density at radius 2 is 2.25 bits per heavy atom. The van der Waals surface area contributed by atoms with Gasteiger partial charge in [-0.15, -0.1) is 0 Å². The SMILES string of the molecule is CC(O)C(=O)O.CCC(N)C1CNCCO1. The number of carboxylic acid groups (broad SMARTS) is 1. The third-order valence-electron chi connectivity index (χ3n) is 2.26. The topological polar surface area (TPSA) is 105 Å². The first kappa shape index (κ1) is 15.3. The number of aliphatic carboxylic acids is 1. The van der Waals surface area contributed by atoms with Crippen LogP contribution in [0.4, 0.5) is 0 Å². The molecule has 0 radical (unpaired) electrons. The van der Waals surface area contributed by atoms with Crippen LogP contribution in [-0.2, 0) is 9.53 Å². The van der Waals surface area contributed by atoms with Gasteiger partial charge in [0, 0.05) is 19.1 Å². The number of morpholine rings is 1. The fraction of sp³-hybridized carbons (Fsp3) is 0.900. The van der Waals surface area contributed by atoms with Crippen molar-refractivity contribution in [3.8, 4) is 0 Å². The van der Waals surface area contributed by atoms with E-state index in [2.05, 4.69) is 12.2 Å². The molecule has 0 aromatic heterocycles. The minimum atomic E-state index is -1.23. The zero-order valence-corrected chi connectivity index (χ0v) is 9.85. The second-order valence-electron chi connectivity index (χ2n) is 3.70. The molecule has 1 fully saturated rings. The summed E-state index contributed by atoms with van der Waals surface area (Å²) >= 11 is 0. The number of hydrogen-bond donors (Lipinski definition) is 4. The van der Waals surface area contributed by atoms with E-state index in [1.54, 1.807) is 0 Å². The van der Waals surface area contributed by atoms with Crippen molar-refractivity contribution in [3.05, 3.63) is 0 Å². The molecule has 1 rings (SSSR count). The molecule has 6 nitrogen and oxygen atoms in total. The van der Waals surface area contributed by atoms with Crippen molar-refractivity contribution in [1.82, 2.24) is 5.32 Å². The zero-order chi connectivity index (χ0) is 12.6. The smallest absolute Gasteiger partial charge is 0.332 e. The lowest BCUT2D eigenvalue weighted by Crippen LogP contribution is -2.48. The highest BCUT2D eigenvalue weighted by atomic mass is 16.5. The van der Waals surface area contributed by atoms with Gasteiger partial charge in [-0.05, 0) is 13.3 Å². The van der Waals surface area contributed by atoms with E-state index in [-0.39, 0.29) is 12.1 Å². The van der Waals surface area contributed by atoms with Gasteiger partial charge in [0.25, 0.3) is 0 Å². The number of carbonyl (C=O) groups is 1. The van der Waals surface area contributed by atoms with Crippen molar-refractivity contribution in [2.24, 2.45) is 5.73 Å². The Bertz CT molecular complexity index is 193. The van der Waals surface area contributed by atoms with Crippen LogP contribution < -0.4 is 11.1 Å². The van der Waals surface area contributed by atoms with Crippen LogP contribution in [-0.4, -0.2) is 54.1 Å². The molecule has 3 atom stereocenters. The number of ether oxygens (including phenoxy) is 1. The Kier molecular flexibility index (Phi) is 8.10. The number of aliphatic hydroxyl groups excluding tert-OH is 1. The summed E-state index contributed by atoms with van der Waals surface area (Å²) in [5, 5.41) is 19.0. The van der Waals surface area contributed by atoms with E-state index < -0.39 is 12.1 Å². The van der Waals surface area contributed by atoms with Crippen LogP contribution in [0.2, 0.25) is 0 Å². The van der Waals surface area contributed by atoms with E-state index in [9.17, 15) is 4.79 Å². The fourth-order valence-corrected chi connectivity index (χ4v) is 1.12. The predicted molar refractivity (Wildman–Crippen MR) is 60.2 cm³/mol. The highest BCUT2D eigenvalue weighted by Crippen LogP contribution is 2.02. The molecule has 0 bridgehead atoms. The Balaban J connectivity index is 0.000000325. The van der Waals surface area contributed by atoms with Gasteiger partial charge in [-0.1, -0.05) is 6.92 Å². The van der Waals surface area contributed by atoms with Crippen molar-refractivity contribution < 1.29 is 19.7 Å². The Morgan fingerprint density at radius 3 is 2.56 bits per heavy atom. The summed E-state index contributed by atoms with van der Waals surface area (Å²) in [6, 6.07) is 0.202. The predicted octanol–water partition coefficient (Wildman–Crippen LogP) is -0.836. The van der Waals surface area contributed by atoms with E-state index >= 15 is 0 Å². The molecule has 0 aromatic rings. The average molecular weight is 234 g/mol. The minimum Gasteiger partial charge on any atom is -0.479 e. The van der Waals surface area contributed by atoms with Gasteiger partial charge in [0.1, 0.15) is 6.10 Å². The second-order valence-corrected chi connectivity index (χ2v) is 3.70. The van der Waals surface area contributed by atoms with Gasteiger partial charge >= 0.3 is 5.97 Å². The number of nitrogens with one attached hydrogen (secondary N) is 1. The first-order valence-electron chi connectivity index (χ1n) is 5.47. The minimum absolute atomic E-state index is 0.202. The Hall–Kier alpha value is -0.690. The highest BCUT2D eigenvalue weighted by Gasteiger charge is 2.18. The van der Waals surface area contributed by atoms with Crippen LogP contribution in [0.3, 0.4) is 0 Å². The third kappa shape index (κ3) is 6.73. The van der Waals surface area contributed by atoms with Crippen LogP contribution in [0, 0.1) is 0 Å². The first-order valence-corrected chi connectivity index (χ1v) is 5.47. The number of carboxylic acids is 1. The molecule has 1 heterocycles. The molecule has 1 aliphatic rings. The van der Waals surface area contributed by atoms with Crippen LogP contribution in [0.5, 0.6) is 0 Å². The molecule has 0 amide bonds. The zero-order valence-electron chi connectivity index (χ0n) is 9.85. The molecule has 1 saturated heterocycles. The molecular weight excluding hydrogens is 212 g/mol. The van der Waals surface area contributed by atoms with Gasteiger partial charge in [-0.25, -0.2) is 4.79 Å². The Labute approximate surface area is 95.8 Å². The number of rotatable bonds is 3. The van der Waals surface area contributed by atoms with E-state index in [0.717, 1.165) is 26.1 Å². The lowest BCUT2D eigenvalue weighted by Gasteiger charge is -2.27. The lowest BCUT2D eigenvalue weighted by atomic mass is 10.1. The summed E-state index contributed by atoms with van der Waals surface area (Å²) in [7, 11) is 0. The van der Waals surface area contributed by atoms with E-state index in [1.807, 2.05) is 0 Å². The van der Waals surface area contributed by atoms with E-state index in [4.69, 9.17) is 20.7 Å². The highest BCUT2D eigenvalue weighted by molar-refractivity contribution is 5.71. The molecule has 1 aliphatic heterocycles. The maximum atomic E-state index is 9.45. The average Bonchev–Trinajstić information content (AvgIpc) is 2.30. The van der Waals surface area contributed by atoms with Crippen molar-refractivity contribution in [1.29, 1.82) is 0 Å². The summed E-state index contributed by atoms with van der Waals surface area (Å²) in [5.74, 6) is -1.19. The molecule has 96 valence electrons. The van der Waals surface area contributed by atoms with Gasteiger partial charge < -0.3 is 26.0 Å². The van der Waals surface area contributed by atoms with Crippen molar-refractivity contribution >= 4 is 5.97 Å². The van der Waals surface area contributed by atoms with Gasteiger partial charge in [-0.2, -0.15) is 0 Å². The third-order valence-corrected chi connectivity index (χ3v) is 2.26. The van der Waals surface area contributed by atoms with Crippen molar-refractivity contribution in [2.45, 2.75) is 38.5 Å². The lowest BCUT2D eigenvalue weighted by molar-refractivity contribution is -0.145. The van der Waals surface area contributed by atoms with Crippen LogP contribution in [0.1, 0.15) is 20.3 Å². The molecule has 0 aromatic carbocycles. The van der Waals surface area contributed by atoms with Crippen LogP contribution in [0.25, 0.3) is 0 Å². The number of aliphatic hydroxyl groups is 1. The van der Waals surface area contributed by atoms with Crippen molar-refractivity contribution in [3.63, 3.8) is 0 Å². The standard InChI is InChI=1S/C7H16N2O.C3H6O3/c1-2-6(8)7-5-9-3-4-10-7;1-2(4)3(5)6/h6-7,9H,2-5,8H2,1H3;2,4H,1H3,(H,5,6). The molecule has 0 aliphatic carbocycles. The Morgan fingerprint density at radius 1 is 1.69 bits per heavy atom. The molecule has 5 N–H and O–H groups in total. The maximum Gasteiger partial charge on any atom is 0.332 e. The summed E-state index contributed by atoms with van der Waals surface area (Å²) in [5.41, 5.74) is 5.78. The summed E-state index contributed by atoms with van der Waals surface area (Å²) in [4.78, 5) is 9.45. The largest absolute Gasteiger partial charge is 0.479 e. The normalized spacial score (nSPS) is 23.9. The second kappa shape index (κ2) is 8.46. The molecule has 16 heavy (non-hydrogen) atoms. The van der Waals surface area contributed by atoms with Crippen LogP contribution in [0.15, 0.2) is 0 Å². The summed E-state index contributed by atoms with van der Waals surface area (Å²) in [6.45, 7) is 5.96. The van der Waals surface area contributed by atoms with Gasteiger partial charge in [0.2, 0.25) is 0 Å². The van der Waals surface area contributed by atoms with E-state index in [0.29, 0.717) is 0 Å². The molecule has 0 saturated carbocycles. The number of nitrogens with two attached hydrogens (primary N) is 1. The summed E-state index contributed by atoms with van der Waals surface area (Å²) in [6.07, 6.45) is -0.00412. The van der Waals surface area contributed by atoms with Crippen LogP contribution >= 0.6 is 0 Å². The quantitative estimate of drug-likeness (QED) is 0.508. The monoisotopic (exact) mass is 234 g/mol. The van der Waals surface area contributed by atoms with Crippen molar-refractivity contribution in [2.75, 3.05) is 19.7 Å². The molecule has 3 unspecified atom stereocenters. The number of hydrogen-bond acceptors (Lipinski definition) is 5. The molecule has 0 spiro atoms. The maximum absolute atomic E-state index is 9.45. The van der Waals surface area contributed by atoms with Gasteiger partial charge in [0.05, 0.1) is 12.7 Å². The molecular formula is C10H22N2O4. The van der Waals surface area contributed by atoms with E-state index in [1.165, 1.54) is 6.92 Å². The summed E-state index contributed by atoms with van der Waals surface area (Å²) < 4.78 is 5.44. The first-order chi connectivity index (χ1) is 7.49. The molecule has 6 heteroatoms. The fourth-order valence-electron chi connectivity index (χ4n) is 1.12. The van der Waals surface area contributed by atoms with Gasteiger partial charge in [0.15, 0.2) is 0 Å². The van der Waals surface area contributed by atoms with Gasteiger partial charge in [-0.3, -0.25) is 0 Å².